The quantitative estimate of drug-likeness (QED) is 0.509. The highest BCUT2D eigenvalue weighted by molar-refractivity contribution is 5.18. The van der Waals surface area contributed by atoms with Gasteiger partial charge in [-0.05, 0) is 18.6 Å². The second kappa shape index (κ2) is 3.74. The van der Waals surface area contributed by atoms with Gasteiger partial charge in [-0.3, -0.25) is 0 Å². The highest BCUT2D eigenvalue weighted by Crippen LogP contribution is 1.96. The van der Waals surface area contributed by atoms with Crippen molar-refractivity contribution in [3.05, 3.63) is 35.9 Å². The topological polar surface area (TPSA) is 0 Å². The molecule has 0 aliphatic rings. The van der Waals surface area contributed by atoms with Crippen molar-refractivity contribution in [3.63, 3.8) is 0 Å². The van der Waals surface area contributed by atoms with Gasteiger partial charge in [-0.25, -0.2) is 0 Å². The molecule has 0 aliphatic heterocycles. The fourth-order valence-corrected chi connectivity index (χ4v) is 0.724. The third-order valence-corrected chi connectivity index (χ3v) is 1.23. The van der Waals surface area contributed by atoms with Crippen LogP contribution >= 0.6 is 0 Å². The Morgan fingerprint density at radius 3 is 3.00 bits per heavy atom. The summed E-state index contributed by atoms with van der Waals surface area (Å²) in [6.45, 7) is 1.85. The predicted molar refractivity (Wildman–Crippen MR) is 42.4 cm³/mol. The van der Waals surface area contributed by atoms with Gasteiger partial charge in [0.15, 0.2) is 0 Å². The molecule has 0 heteroatoms. The molecular weight excluding hydrogens is 120 g/mol. The lowest BCUT2D eigenvalue weighted by atomic mass is 10.2. The second-order valence-electron chi connectivity index (χ2n) is 1.99. The van der Waals surface area contributed by atoms with Crippen molar-refractivity contribution >= 4 is 0 Å². The first-order valence-electron chi connectivity index (χ1n) is 3.28. The zero-order valence-corrected chi connectivity index (χ0v) is 6.02. The summed E-state index contributed by atoms with van der Waals surface area (Å²) < 4.78 is 0. The minimum absolute atomic E-state index is 0.817. The Hall–Kier alpha value is -1.22. The molecule has 10 heavy (non-hydrogen) atoms. The summed E-state index contributed by atoms with van der Waals surface area (Å²) in [6, 6.07) is 11.0. The molecule has 0 fully saturated rings. The van der Waals surface area contributed by atoms with Crippen LogP contribution in [0.3, 0.4) is 0 Å². The number of rotatable bonds is 1. The van der Waals surface area contributed by atoms with Crippen LogP contribution in [0, 0.1) is 17.9 Å². The Kier molecular flexibility index (Phi) is 2.58. The average Bonchev–Trinajstić information content (AvgIpc) is 2.03. The maximum atomic E-state index is 3.10. The molecule has 0 heterocycles. The lowest BCUT2D eigenvalue weighted by Crippen LogP contribution is -1.78. The molecule has 1 aromatic rings. The molecule has 1 aromatic carbocycles. The highest BCUT2D eigenvalue weighted by Gasteiger charge is 1.83. The Labute approximate surface area is 61.9 Å². The minimum atomic E-state index is 0.817. The molecule has 1 rings (SSSR count). The lowest BCUT2D eigenvalue weighted by Gasteiger charge is -1.89. The molecule has 0 N–H and O–H groups in total. The Morgan fingerprint density at radius 2 is 2.40 bits per heavy atom. The summed E-state index contributed by atoms with van der Waals surface area (Å²) in [5, 5.41) is 0. The van der Waals surface area contributed by atoms with Crippen molar-refractivity contribution in [3.8, 4) is 11.8 Å². The lowest BCUT2D eigenvalue weighted by molar-refractivity contribution is 1.31. The molecule has 0 saturated heterocycles. The Morgan fingerprint density at radius 1 is 1.50 bits per heavy atom. The molecule has 0 aromatic heterocycles. The van der Waals surface area contributed by atoms with Gasteiger partial charge >= 0.3 is 0 Å². The summed E-state index contributed by atoms with van der Waals surface area (Å²) in [6.07, 6.45) is 0.817. The molecule has 0 nitrogen and oxygen atoms in total. The first-order chi connectivity index (χ1) is 4.93. The Bertz CT molecular complexity index is 236. The number of benzene rings is 1. The van der Waals surface area contributed by atoms with Gasteiger partial charge in [0.05, 0.1) is 0 Å². The van der Waals surface area contributed by atoms with Gasteiger partial charge in [-0.1, -0.05) is 30.2 Å². The minimum Gasteiger partial charge on any atom is -0.106 e. The van der Waals surface area contributed by atoms with Crippen molar-refractivity contribution < 1.29 is 0 Å². The maximum absolute atomic E-state index is 3.10. The zero-order valence-electron chi connectivity index (χ0n) is 6.02. The van der Waals surface area contributed by atoms with Crippen LogP contribution in [0.25, 0.3) is 0 Å². The van der Waals surface area contributed by atoms with Crippen LogP contribution in [-0.4, -0.2) is 0 Å². The first-order valence-corrected chi connectivity index (χ1v) is 3.28. The van der Waals surface area contributed by atoms with E-state index < -0.39 is 0 Å². The van der Waals surface area contributed by atoms with Crippen LogP contribution < -0.4 is 0 Å². The number of hydrogen-bond donors (Lipinski definition) is 0. The normalized spacial score (nSPS) is 8.10. The van der Waals surface area contributed by atoms with Crippen LogP contribution in [0.5, 0.6) is 0 Å². The van der Waals surface area contributed by atoms with E-state index in [-0.39, 0.29) is 0 Å². The van der Waals surface area contributed by atoms with E-state index >= 15 is 0 Å². The molecule has 49 valence electrons. The third kappa shape index (κ3) is 1.95. The van der Waals surface area contributed by atoms with E-state index in [9.17, 15) is 0 Å². The van der Waals surface area contributed by atoms with Crippen molar-refractivity contribution in [2.75, 3.05) is 0 Å². The molecule has 0 bridgehead atoms. The van der Waals surface area contributed by atoms with Gasteiger partial charge in [0, 0.05) is 6.42 Å². The van der Waals surface area contributed by atoms with E-state index in [1.807, 2.05) is 31.2 Å². The van der Waals surface area contributed by atoms with E-state index in [1.165, 1.54) is 0 Å². The van der Waals surface area contributed by atoms with Gasteiger partial charge in [0.1, 0.15) is 0 Å². The van der Waals surface area contributed by atoms with E-state index in [4.69, 9.17) is 0 Å². The number of hydrogen-bond acceptors (Lipinski definition) is 0. The summed E-state index contributed by atoms with van der Waals surface area (Å²) in [7, 11) is 0. The summed E-state index contributed by atoms with van der Waals surface area (Å²) in [4.78, 5) is 0. The third-order valence-electron chi connectivity index (χ3n) is 1.23. The smallest absolute Gasteiger partial charge is 0.0346 e. The molecule has 0 amide bonds. The average molecular weight is 129 g/mol. The molecular formula is C10H9. The van der Waals surface area contributed by atoms with Gasteiger partial charge in [0.2, 0.25) is 0 Å². The molecule has 0 saturated carbocycles. The van der Waals surface area contributed by atoms with Crippen molar-refractivity contribution in [1.29, 1.82) is 0 Å². The zero-order chi connectivity index (χ0) is 7.23. The van der Waals surface area contributed by atoms with Crippen molar-refractivity contribution in [2.24, 2.45) is 0 Å². The van der Waals surface area contributed by atoms with Crippen LogP contribution in [0.4, 0.5) is 0 Å². The van der Waals surface area contributed by atoms with E-state index in [0.717, 1.165) is 12.0 Å². The molecule has 0 spiro atoms. The summed E-state index contributed by atoms with van der Waals surface area (Å²) in [5.74, 6) is 5.83. The molecule has 1 radical (unpaired) electrons. The standard InChI is InChI=1S/C10H9/c1-2-3-7-10-8-5-4-6-9-10/h4-6,8H,7H2,1H3. The van der Waals surface area contributed by atoms with Crippen LogP contribution in [-0.2, 0) is 6.42 Å². The van der Waals surface area contributed by atoms with Gasteiger partial charge in [-0.15, -0.1) is 5.92 Å². The fraction of sp³-hybridized carbons (Fsp3) is 0.200. The molecule has 0 atom stereocenters. The highest BCUT2D eigenvalue weighted by atomic mass is 13.9. The van der Waals surface area contributed by atoms with Gasteiger partial charge in [-0.2, -0.15) is 0 Å². The van der Waals surface area contributed by atoms with Gasteiger partial charge < -0.3 is 0 Å². The maximum Gasteiger partial charge on any atom is 0.0346 e. The predicted octanol–water partition coefficient (Wildman–Crippen LogP) is 2.05. The largest absolute Gasteiger partial charge is 0.106 e. The van der Waals surface area contributed by atoms with E-state index in [1.54, 1.807) is 0 Å². The van der Waals surface area contributed by atoms with Crippen LogP contribution in [0.15, 0.2) is 24.3 Å². The first kappa shape index (κ1) is 6.89. The SMILES string of the molecule is CC#CCc1[c]cccc1. The Balaban J connectivity index is 2.64. The van der Waals surface area contributed by atoms with Crippen molar-refractivity contribution in [2.45, 2.75) is 13.3 Å². The van der Waals surface area contributed by atoms with Crippen LogP contribution in [0.1, 0.15) is 12.5 Å². The van der Waals surface area contributed by atoms with Crippen LogP contribution in [0.2, 0.25) is 0 Å². The van der Waals surface area contributed by atoms with Gasteiger partial charge in [0.25, 0.3) is 0 Å². The fourth-order valence-electron chi connectivity index (χ4n) is 0.724. The molecule has 0 aliphatic carbocycles. The summed E-state index contributed by atoms with van der Waals surface area (Å²) in [5.41, 5.74) is 1.16. The van der Waals surface area contributed by atoms with Crippen molar-refractivity contribution in [1.82, 2.24) is 0 Å². The van der Waals surface area contributed by atoms with E-state index in [2.05, 4.69) is 17.9 Å². The summed E-state index contributed by atoms with van der Waals surface area (Å²) >= 11 is 0. The second-order valence-corrected chi connectivity index (χ2v) is 1.99. The van der Waals surface area contributed by atoms with E-state index in [0.29, 0.717) is 0 Å². The monoisotopic (exact) mass is 129 g/mol. The molecule has 0 unspecified atom stereocenters.